The second-order valence-corrected chi connectivity index (χ2v) is 2.37. The van der Waals surface area contributed by atoms with Gasteiger partial charge in [0.2, 0.25) is 0 Å². The third kappa shape index (κ3) is 6.05. The van der Waals surface area contributed by atoms with Gasteiger partial charge in [0.15, 0.2) is 0 Å². The maximum absolute atomic E-state index is 10.8. The molecule has 0 saturated heterocycles. The lowest BCUT2D eigenvalue weighted by molar-refractivity contribution is -0.142. The lowest BCUT2D eigenvalue weighted by Crippen LogP contribution is -2.07. The molecule has 1 N–H and O–H groups in total. The molecular weight excluding hydrogens is 188 g/mol. The van der Waals surface area contributed by atoms with Crippen molar-refractivity contribution < 1.29 is 24.2 Å². The average molecular weight is 202 g/mol. The average Bonchev–Trinajstić information content (AvgIpc) is 2.03. The number of aliphatic hydroxyl groups is 1. The minimum atomic E-state index is -0.672. The molecule has 0 rings (SSSR count). The molecule has 14 heavy (non-hydrogen) atoms. The summed E-state index contributed by atoms with van der Waals surface area (Å²) in [5.41, 5.74) is 0. The Labute approximate surface area is 82.3 Å². The summed E-state index contributed by atoms with van der Waals surface area (Å²) in [7, 11) is 0. The fraction of sp³-hybridized carbons (Fsp3) is 0.556. The molecule has 0 fully saturated rings. The monoisotopic (exact) mass is 202 g/mol. The van der Waals surface area contributed by atoms with E-state index in [4.69, 9.17) is 5.11 Å². The summed E-state index contributed by atoms with van der Waals surface area (Å²) >= 11 is 0. The zero-order chi connectivity index (χ0) is 11.0. The van der Waals surface area contributed by atoms with Gasteiger partial charge in [0.1, 0.15) is 12.2 Å². The zero-order valence-corrected chi connectivity index (χ0v) is 8.28. The molecule has 0 aliphatic rings. The molecule has 0 radical (unpaired) electrons. The fourth-order valence-corrected chi connectivity index (χ4v) is 0.731. The summed E-state index contributed by atoms with van der Waals surface area (Å²) in [4.78, 5) is 21.6. The van der Waals surface area contributed by atoms with Crippen molar-refractivity contribution in [3.05, 3.63) is 11.8 Å². The van der Waals surface area contributed by atoms with Crippen molar-refractivity contribution in [2.75, 3.05) is 13.2 Å². The highest BCUT2D eigenvalue weighted by molar-refractivity contribution is 5.83. The highest BCUT2D eigenvalue weighted by atomic mass is 16.5. The van der Waals surface area contributed by atoms with Crippen LogP contribution in [0.4, 0.5) is 0 Å². The van der Waals surface area contributed by atoms with E-state index in [2.05, 4.69) is 9.47 Å². The standard InChI is InChI=1S/C9H14O5/c1-3-13-8(11)5-7(10)6-9(12)14-4-2/h5,10H,3-4,6H2,1-2H3/b7-5+. The number of carbonyl (C=O) groups is 2. The van der Waals surface area contributed by atoms with Crippen LogP contribution in [0.1, 0.15) is 20.3 Å². The fourth-order valence-electron chi connectivity index (χ4n) is 0.731. The van der Waals surface area contributed by atoms with Crippen LogP contribution < -0.4 is 0 Å². The number of hydrogen-bond donors (Lipinski definition) is 1. The Morgan fingerprint density at radius 3 is 2.29 bits per heavy atom. The van der Waals surface area contributed by atoms with Crippen LogP contribution in [0, 0.1) is 0 Å². The van der Waals surface area contributed by atoms with Gasteiger partial charge >= 0.3 is 11.9 Å². The van der Waals surface area contributed by atoms with Gasteiger partial charge in [0, 0.05) is 0 Å². The van der Waals surface area contributed by atoms with Crippen molar-refractivity contribution >= 4 is 11.9 Å². The van der Waals surface area contributed by atoms with E-state index >= 15 is 0 Å². The van der Waals surface area contributed by atoms with Crippen molar-refractivity contribution in [1.29, 1.82) is 0 Å². The first-order valence-corrected chi connectivity index (χ1v) is 4.32. The Morgan fingerprint density at radius 2 is 1.79 bits per heavy atom. The van der Waals surface area contributed by atoms with Crippen LogP contribution >= 0.6 is 0 Å². The van der Waals surface area contributed by atoms with E-state index in [9.17, 15) is 9.59 Å². The van der Waals surface area contributed by atoms with Crippen molar-refractivity contribution in [2.24, 2.45) is 0 Å². The Hall–Kier alpha value is -1.52. The largest absolute Gasteiger partial charge is 0.511 e. The van der Waals surface area contributed by atoms with Crippen molar-refractivity contribution in [1.82, 2.24) is 0 Å². The van der Waals surface area contributed by atoms with Crippen LogP contribution in [0.5, 0.6) is 0 Å². The third-order valence-electron chi connectivity index (χ3n) is 1.20. The third-order valence-corrected chi connectivity index (χ3v) is 1.20. The predicted molar refractivity (Wildman–Crippen MR) is 48.6 cm³/mol. The molecule has 0 atom stereocenters. The maximum atomic E-state index is 10.8. The predicted octanol–water partition coefficient (Wildman–Crippen LogP) is 0.945. The van der Waals surface area contributed by atoms with Gasteiger partial charge in [-0.15, -0.1) is 0 Å². The summed E-state index contributed by atoms with van der Waals surface area (Å²) < 4.78 is 9.09. The number of aliphatic hydroxyl groups excluding tert-OH is 1. The van der Waals surface area contributed by atoms with Gasteiger partial charge in [-0.2, -0.15) is 0 Å². The summed E-state index contributed by atoms with van der Waals surface area (Å²) in [6.07, 6.45) is 0.549. The highest BCUT2D eigenvalue weighted by Crippen LogP contribution is 1.99. The van der Waals surface area contributed by atoms with Crippen molar-refractivity contribution in [3.63, 3.8) is 0 Å². The van der Waals surface area contributed by atoms with E-state index < -0.39 is 11.9 Å². The summed E-state index contributed by atoms with van der Waals surface area (Å²) in [5.74, 6) is -1.61. The van der Waals surface area contributed by atoms with Gasteiger partial charge in [0.25, 0.3) is 0 Å². The first kappa shape index (κ1) is 12.5. The van der Waals surface area contributed by atoms with Gasteiger partial charge in [0.05, 0.1) is 19.3 Å². The normalized spacial score (nSPS) is 10.9. The highest BCUT2D eigenvalue weighted by Gasteiger charge is 2.07. The molecule has 5 nitrogen and oxygen atoms in total. The molecule has 80 valence electrons. The Balaban J connectivity index is 3.99. The molecular formula is C9H14O5. The lowest BCUT2D eigenvalue weighted by Gasteiger charge is -2.00. The van der Waals surface area contributed by atoms with E-state index in [-0.39, 0.29) is 25.4 Å². The van der Waals surface area contributed by atoms with Crippen LogP contribution in [0.3, 0.4) is 0 Å². The number of ether oxygens (including phenoxy) is 2. The molecule has 0 aromatic carbocycles. The summed E-state index contributed by atoms with van der Waals surface area (Å²) in [5, 5.41) is 9.10. The van der Waals surface area contributed by atoms with Gasteiger partial charge in [-0.3, -0.25) is 4.79 Å². The van der Waals surface area contributed by atoms with Crippen LogP contribution in [-0.4, -0.2) is 30.3 Å². The smallest absolute Gasteiger partial charge is 0.334 e. The van der Waals surface area contributed by atoms with Gasteiger partial charge in [-0.05, 0) is 13.8 Å². The lowest BCUT2D eigenvalue weighted by atomic mass is 10.3. The molecule has 0 aliphatic carbocycles. The van der Waals surface area contributed by atoms with E-state index in [0.717, 1.165) is 6.08 Å². The first-order chi connectivity index (χ1) is 6.60. The van der Waals surface area contributed by atoms with E-state index in [1.165, 1.54) is 0 Å². The first-order valence-electron chi connectivity index (χ1n) is 4.32. The SMILES string of the molecule is CCOC(=O)/C=C(/O)CC(=O)OCC. The molecule has 0 saturated carbocycles. The van der Waals surface area contributed by atoms with E-state index in [1.54, 1.807) is 13.8 Å². The van der Waals surface area contributed by atoms with E-state index in [1.807, 2.05) is 0 Å². The minimum Gasteiger partial charge on any atom is -0.511 e. The molecule has 5 heteroatoms. The van der Waals surface area contributed by atoms with Crippen molar-refractivity contribution in [2.45, 2.75) is 20.3 Å². The molecule has 0 aromatic rings. The van der Waals surface area contributed by atoms with E-state index in [0.29, 0.717) is 0 Å². The Kier molecular flexibility index (Phi) is 6.19. The molecule has 0 heterocycles. The van der Waals surface area contributed by atoms with Crippen LogP contribution in [0.15, 0.2) is 11.8 Å². The van der Waals surface area contributed by atoms with Crippen molar-refractivity contribution in [3.8, 4) is 0 Å². The number of esters is 2. The second-order valence-electron chi connectivity index (χ2n) is 2.37. The number of rotatable bonds is 5. The second kappa shape index (κ2) is 6.94. The molecule has 0 bridgehead atoms. The topological polar surface area (TPSA) is 72.8 Å². The van der Waals surface area contributed by atoms with Crippen LogP contribution in [0.2, 0.25) is 0 Å². The van der Waals surface area contributed by atoms with Crippen LogP contribution in [-0.2, 0) is 19.1 Å². The molecule has 0 amide bonds. The molecule has 0 unspecified atom stereocenters. The molecule has 0 aromatic heterocycles. The van der Waals surface area contributed by atoms with Crippen LogP contribution in [0.25, 0.3) is 0 Å². The minimum absolute atomic E-state index is 0.224. The van der Waals surface area contributed by atoms with Gasteiger partial charge in [-0.1, -0.05) is 0 Å². The quantitative estimate of drug-likeness (QED) is 0.408. The summed E-state index contributed by atoms with van der Waals surface area (Å²) in [6, 6.07) is 0. The van der Waals surface area contributed by atoms with Gasteiger partial charge in [-0.25, -0.2) is 4.79 Å². The molecule has 0 aliphatic heterocycles. The Morgan fingerprint density at radius 1 is 1.21 bits per heavy atom. The zero-order valence-electron chi connectivity index (χ0n) is 8.28. The Bertz CT molecular complexity index is 231. The van der Waals surface area contributed by atoms with Gasteiger partial charge < -0.3 is 14.6 Å². The number of carbonyl (C=O) groups excluding carboxylic acids is 2. The maximum Gasteiger partial charge on any atom is 0.334 e. The summed E-state index contributed by atoms with van der Waals surface area (Å²) in [6.45, 7) is 3.77. The molecule has 0 spiro atoms. The number of hydrogen-bond acceptors (Lipinski definition) is 5.